The van der Waals surface area contributed by atoms with Crippen LogP contribution in [0.1, 0.15) is 40.0 Å². The van der Waals surface area contributed by atoms with Gasteiger partial charge in [0.2, 0.25) is 0 Å². The number of rotatable bonds is 2. The van der Waals surface area contributed by atoms with Gasteiger partial charge in [0.15, 0.2) is 0 Å². The van der Waals surface area contributed by atoms with Crippen molar-refractivity contribution in [3.63, 3.8) is 0 Å². The molecule has 0 bridgehead atoms. The van der Waals surface area contributed by atoms with Crippen LogP contribution in [0.4, 0.5) is 0 Å². The van der Waals surface area contributed by atoms with Gasteiger partial charge >= 0.3 is 0 Å². The smallest absolute Gasteiger partial charge is 0.117 e. The zero-order valence-electron chi connectivity index (χ0n) is 10.1. The second-order valence-electron chi connectivity index (χ2n) is 5.79. The van der Waals surface area contributed by atoms with Gasteiger partial charge in [-0.2, -0.15) is 11.8 Å². The Morgan fingerprint density at radius 2 is 1.93 bits per heavy atom. The third kappa shape index (κ3) is 3.11. The summed E-state index contributed by atoms with van der Waals surface area (Å²) in [5.74, 6) is 3.53. The van der Waals surface area contributed by atoms with Crippen molar-refractivity contribution in [1.82, 2.24) is 5.32 Å². The molecule has 2 nitrogen and oxygen atoms in total. The Hall–Kier alpha value is 0.270. The molecular formula is C12H23NOS. The first kappa shape index (κ1) is 11.7. The molecule has 88 valence electrons. The molecule has 2 aliphatic heterocycles. The largest absolute Gasteiger partial charge is 0.359 e. The van der Waals surface area contributed by atoms with E-state index in [0.29, 0.717) is 0 Å². The molecule has 15 heavy (non-hydrogen) atoms. The molecule has 3 heteroatoms. The third-order valence-corrected chi connectivity index (χ3v) is 4.42. The molecule has 0 radical (unpaired) electrons. The highest BCUT2D eigenvalue weighted by atomic mass is 32.2. The van der Waals surface area contributed by atoms with E-state index in [0.717, 1.165) is 12.5 Å². The molecule has 2 aliphatic rings. The lowest BCUT2D eigenvalue weighted by atomic mass is 9.92. The van der Waals surface area contributed by atoms with Gasteiger partial charge in [0.05, 0.1) is 6.61 Å². The maximum atomic E-state index is 5.94. The molecule has 0 aromatic rings. The van der Waals surface area contributed by atoms with E-state index in [1.165, 1.54) is 30.8 Å². The summed E-state index contributed by atoms with van der Waals surface area (Å²) in [6.07, 6.45) is 3.91. The van der Waals surface area contributed by atoms with E-state index in [9.17, 15) is 0 Å². The monoisotopic (exact) mass is 229 g/mol. The fourth-order valence-electron chi connectivity index (χ4n) is 2.74. The maximum absolute atomic E-state index is 5.94. The fourth-order valence-corrected chi connectivity index (χ4v) is 3.94. The molecule has 0 aliphatic carbocycles. The highest BCUT2D eigenvalue weighted by molar-refractivity contribution is 7.99. The molecule has 0 aromatic heterocycles. The van der Waals surface area contributed by atoms with Crippen molar-refractivity contribution in [3.05, 3.63) is 0 Å². The first-order valence-electron chi connectivity index (χ1n) is 6.00. The second kappa shape index (κ2) is 4.27. The second-order valence-corrected chi connectivity index (χ2v) is 7.01. The molecule has 1 atom stereocenters. The van der Waals surface area contributed by atoms with Gasteiger partial charge in [-0.25, -0.2) is 0 Å². The lowest BCUT2D eigenvalue weighted by Gasteiger charge is -2.32. The van der Waals surface area contributed by atoms with Crippen molar-refractivity contribution in [2.24, 2.45) is 5.92 Å². The highest BCUT2D eigenvalue weighted by Gasteiger charge is 2.41. The van der Waals surface area contributed by atoms with Gasteiger partial charge in [-0.1, -0.05) is 0 Å². The molecule has 2 fully saturated rings. The van der Waals surface area contributed by atoms with Gasteiger partial charge in [0.25, 0.3) is 0 Å². The molecule has 1 unspecified atom stereocenters. The zero-order chi connectivity index (χ0) is 10.9. The summed E-state index contributed by atoms with van der Waals surface area (Å²) in [5, 5.41) is 3.62. The minimum Gasteiger partial charge on any atom is -0.359 e. The Morgan fingerprint density at radius 3 is 2.47 bits per heavy atom. The molecule has 0 amide bonds. The topological polar surface area (TPSA) is 21.3 Å². The summed E-state index contributed by atoms with van der Waals surface area (Å²) in [6, 6.07) is 0. The van der Waals surface area contributed by atoms with E-state index in [1.807, 2.05) is 0 Å². The van der Waals surface area contributed by atoms with Crippen LogP contribution >= 0.6 is 11.8 Å². The van der Waals surface area contributed by atoms with Crippen LogP contribution in [0.3, 0.4) is 0 Å². The van der Waals surface area contributed by atoms with Crippen molar-refractivity contribution >= 4 is 11.8 Å². The highest BCUT2D eigenvalue weighted by Crippen LogP contribution is 2.34. The maximum Gasteiger partial charge on any atom is 0.117 e. The first-order chi connectivity index (χ1) is 6.99. The van der Waals surface area contributed by atoms with Crippen molar-refractivity contribution < 1.29 is 4.74 Å². The molecule has 0 saturated carbocycles. The molecule has 2 heterocycles. The van der Waals surface area contributed by atoms with Crippen molar-refractivity contribution in [1.29, 1.82) is 0 Å². The van der Waals surface area contributed by atoms with Gasteiger partial charge < -0.3 is 4.74 Å². The third-order valence-electron chi connectivity index (χ3n) is 3.37. The standard InChI is InChI=1S/C12H23NOS/c1-11(2)9-14-12(3,13-11)8-10-4-6-15-7-5-10/h10,13H,4-9H2,1-3H3. The van der Waals surface area contributed by atoms with Gasteiger partial charge in [0.1, 0.15) is 5.72 Å². The van der Waals surface area contributed by atoms with Crippen molar-refractivity contribution in [2.45, 2.75) is 51.3 Å². The average Bonchev–Trinajstić information content (AvgIpc) is 2.42. The van der Waals surface area contributed by atoms with Gasteiger partial charge in [0, 0.05) is 5.54 Å². The lowest BCUT2D eigenvalue weighted by Crippen LogP contribution is -2.47. The zero-order valence-corrected chi connectivity index (χ0v) is 11.0. The normalized spacial score (nSPS) is 37.0. The van der Waals surface area contributed by atoms with E-state index >= 15 is 0 Å². The number of nitrogens with one attached hydrogen (secondary N) is 1. The molecule has 0 aromatic carbocycles. The first-order valence-corrected chi connectivity index (χ1v) is 7.16. The molecular weight excluding hydrogens is 206 g/mol. The number of hydrogen-bond donors (Lipinski definition) is 1. The number of thioether (sulfide) groups is 1. The van der Waals surface area contributed by atoms with E-state index in [1.54, 1.807) is 0 Å². The minimum atomic E-state index is -0.0732. The van der Waals surface area contributed by atoms with Gasteiger partial charge in [-0.3, -0.25) is 5.32 Å². The predicted octanol–water partition coefficient (Wildman–Crippen LogP) is 2.63. The molecule has 2 saturated heterocycles. The van der Waals surface area contributed by atoms with Crippen molar-refractivity contribution in [2.75, 3.05) is 18.1 Å². The molecule has 1 N–H and O–H groups in total. The van der Waals surface area contributed by atoms with Gasteiger partial charge in [-0.05, 0) is 57.5 Å². The van der Waals surface area contributed by atoms with Crippen LogP contribution < -0.4 is 5.32 Å². The van der Waals surface area contributed by atoms with Gasteiger partial charge in [-0.15, -0.1) is 0 Å². The quantitative estimate of drug-likeness (QED) is 0.786. The number of hydrogen-bond acceptors (Lipinski definition) is 3. The lowest BCUT2D eigenvalue weighted by molar-refractivity contribution is -0.0144. The van der Waals surface area contributed by atoms with E-state index in [4.69, 9.17) is 4.74 Å². The summed E-state index contributed by atoms with van der Waals surface area (Å²) < 4.78 is 5.94. The average molecular weight is 229 g/mol. The van der Waals surface area contributed by atoms with E-state index < -0.39 is 0 Å². The number of ether oxygens (including phenoxy) is 1. The minimum absolute atomic E-state index is 0.0732. The fraction of sp³-hybridized carbons (Fsp3) is 1.00. The van der Waals surface area contributed by atoms with Crippen LogP contribution in [0.25, 0.3) is 0 Å². The van der Waals surface area contributed by atoms with E-state index in [2.05, 4.69) is 37.8 Å². The van der Waals surface area contributed by atoms with E-state index in [-0.39, 0.29) is 11.3 Å². The summed E-state index contributed by atoms with van der Waals surface area (Å²) in [5.41, 5.74) is 0.0777. The molecule has 0 spiro atoms. The van der Waals surface area contributed by atoms with Crippen molar-refractivity contribution in [3.8, 4) is 0 Å². The Kier molecular flexibility index (Phi) is 3.34. The Bertz CT molecular complexity index is 226. The van der Waals surface area contributed by atoms with Crippen LogP contribution in [0.2, 0.25) is 0 Å². The Balaban J connectivity index is 1.88. The van der Waals surface area contributed by atoms with Crippen LogP contribution in [-0.4, -0.2) is 29.4 Å². The Morgan fingerprint density at radius 1 is 1.27 bits per heavy atom. The Labute approximate surface area is 97.5 Å². The van der Waals surface area contributed by atoms with Crippen LogP contribution in [0, 0.1) is 5.92 Å². The summed E-state index contributed by atoms with van der Waals surface area (Å²) in [4.78, 5) is 0. The summed E-state index contributed by atoms with van der Waals surface area (Å²) in [6.45, 7) is 7.48. The summed E-state index contributed by atoms with van der Waals surface area (Å²) in [7, 11) is 0. The van der Waals surface area contributed by atoms with Crippen LogP contribution in [-0.2, 0) is 4.74 Å². The molecule has 2 rings (SSSR count). The summed E-state index contributed by atoms with van der Waals surface area (Å²) >= 11 is 2.09. The SMILES string of the molecule is CC1(C)COC(C)(CC2CCSCC2)N1. The van der Waals surface area contributed by atoms with Crippen LogP contribution in [0.5, 0.6) is 0 Å². The predicted molar refractivity (Wildman–Crippen MR) is 66.2 cm³/mol. The van der Waals surface area contributed by atoms with Crippen LogP contribution in [0.15, 0.2) is 0 Å².